The Morgan fingerprint density at radius 2 is 2.43 bits per heavy atom. The summed E-state index contributed by atoms with van der Waals surface area (Å²) in [5.41, 5.74) is 0.735. The normalized spacial score (nSPS) is 20.3. The molecule has 124 valence electrons. The molecule has 8 heteroatoms. The first-order valence-electron chi connectivity index (χ1n) is 7.69. The number of carbonyl (C=O) groups is 1. The Morgan fingerprint density at radius 1 is 1.57 bits per heavy atom. The number of nitrogens with one attached hydrogen (secondary N) is 1. The second-order valence-electron chi connectivity index (χ2n) is 5.71. The standard InChI is InChI=1S/C15H21N5O3/c1-11-8-14(23-18-11)17-15(21)12(2)19-6-7-22-13(9-19)10-20-5-3-4-16-20/h3-5,8,12-13H,6-7,9-10H2,1-2H3,(H,17,21). The zero-order chi connectivity index (χ0) is 16.2. The molecule has 23 heavy (non-hydrogen) atoms. The van der Waals surface area contributed by atoms with Crippen LogP contribution in [0, 0.1) is 6.92 Å². The van der Waals surface area contributed by atoms with Crippen molar-refractivity contribution in [2.45, 2.75) is 32.5 Å². The first-order chi connectivity index (χ1) is 11.1. The summed E-state index contributed by atoms with van der Waals surface area (Å²) in [6.07, 6.45) is 3.67. The first kappa shape index (κ1) is 15.7. The van der Waals surface area contributed by atoms with Crippen molar-refractivity contribution in [2.24, 2.45) is 0 Å². The van der Waals surface area contributed by atoms with Crippen LogP contribution in [0.2, 0.25) is 0 Å². The van der Waals surface area contributed by atoms with Crippen LogP contribution in [0.5, 0.6) is 0 Å². The minimum atomic E-state index is -0.274. The van der Waals surface area contributed by atoms with Gasteiger partial charge < -0.3 is 9.26 Å². The Labute approximate surface area is 134 Å². The fraction of sp³-hybridized carbons (Fsp3) is 0.533. The first-order valence-corrected chi connectivity index (χ1v) is 7.69. The minimum absolute atomic E-state index is 0.0198. The number of morpholine rings is 1. The van der Waals surface area contributed by atoms with Crippen LogP contribution in [0.4, 0.5) is 5.88 Å². The third-order valence-corrected chi connectivity index (χ3v) is 3.92. The molecule has 2 unspecified atom stereocenters. The van der Waals surface area contributed by atoms with E-state index in [4.69, 9.17) is 9.26 Å². The van der Waals surface area contributed by atoms with Gasteiger partial charge in [-0.2, -0.15) is 5.10 Å². The van der Waals surface area contributed by atoms with Crippen LogP contribution in [0.1, 0.15) is 12.6 Å². The summed E-state index contributed by atoms with van der Waals surface area (Å²) >= 11 is 0. The van der Waals surface area contributed by atoms with Crippen molar-refractivity contribution in [2.75, 3.05) is 25.0 Å². The maximum Gasteiger partial charge on any atom is 0.243 e. The lowest BCUT2D eigenvalue weighted by molar-refractivity contribution is -0.124. The molecule has 0 radical (unpaired) electrons. The van der Waals surface area contributed by atoms with E-state index in [2.05, 4.69) is 20.5 Å². The molecule has 1 aliphatic rings. The van der Waals surface area contributed by atoms with Crippen LogP contribution in [-0.2, 0) is 16.1 Å². The highest BCUT2D eigenvalue weighted by atomic mass is 16.5. The van der Waals surface area contributed by atoms with Gasteiger partial charge in [0.1, 0.15) is 0 Å². The summed E-state index contributed by atoms with van der Waals surface area (Å²) in [6.45, 7) is 6.38. The Balaban J connectivity index is 1.55. The Kier molecular flexibility index (Phi) is 4.73. The van der Waals surface area contributed by atoms with E-state index < -0.39 is 0 Å². The third-order valence-electron chi connectivity index (χ3n) is 3.92. The number of carbonyl (C=O) groups excluding carboxylic acids is 1. The Hall–Kier alpha value is -2.19. The number of anilines is 1. The van der Waals surface area contributed by atoms with Crippen molar-refractivity contribution in [3.8, 4) is 0 Å². The van der Waals surface area contributed by atoms with Gasteiger partial charge in [-0.1, -0.05) is 5.16 Å². The zero-order valence-electron chi connectivity index (χ0n) is 13.3. The molecule has 0 spiro atoms. The van der Waals surface area contributed by atoms with Gasteiger partial charge in [-0.15, -0.1) is 0 Å². The van der Waals surface area contributed by atoms with Gasteiger partial charge in [0.25, 0.3) is 0 Å². The van der Waals surface area contributed by atoms with Crippen molar-refractivity contribution in [1.29, 1.82) is 0 Å². The van der Waals surface area contributed by atoms with Crippen molar-refractivity contribution in [1.82, 2.24) is 19.8 Å². The average molecular weight is 319 g/mol. The molecule has 2 aromatic heterocycles. The summed E-state index contributed by atoms with van der Waals surface area (Å²) in [5.74, 6) is 0.265. The van der Waals surface area contributed by atoms with Crippen molar-refractivity contribution in [3.63, 3.8) is 0 Å². The fourth-order valence-electron chi connectivity index (χ4n) is 2.64. The van der Waals surface area contributed by atoms with E-state index in [1.54, 1.807) is 12.3 Å². The van der Waals surface area contributed by atoms with Gasteiger partial charge in [0.05, 0.1) is 31.0 Å². The summed E-state index contributed by atoms with van der Waals surface area (Å²) in [7, 11) is 0. The molecule has 2 aromatic rings. The van der Waals surface area contributed by atoms with Gasteiger partial charge in [-0.05, 0) is 19.9 Å². The smallest absolute Gasteiger partial charge is 0.243 e. The van der Waals surface area contributed by atoms with Gasteiger partial charge in [-0.3, -0.25) is 19.7 Å². The molecule has 1 fully saturated rings. The predicted octanol–water partition coefficient (Wildman–Crippen LogP) is 0.908. The van der Waals surface area contributed by atoms with Crippen molar-refractivity contribution < 1.29 is 14.1 Å². The lowest BCUT2D eigenvalue weighted by Crippen LogP contribution is -2.51. The quantitative estimate of drug-likeness (QED) is 0.881. The lowest BCUT2D eigenvalue weighted by Gasteiger charge is -2.35. The largest absolute Gasteiger partial charge is 0.374 e. The lowest BCUT2D eigenvalue weighted by atomic mass is 10.2. The highest BCUT2D eigenvalue weighted by molar-refractivity contribution is 5.93. The van der Waals surface area contributed by atoms with Crippen molar-refractivity contribution in [3.05, 3.63) is 30.2 Å². The summed E-state index contributed by atoms with van der Waals surface area (Å²) < 4.78 is 12.6. The van der Waals surface area contributed by atoms with Gasteiger partial charge >= 0.3 is 0 Å². The van der Waals surface area contributed by atoms with Crippen LogP contribution >= 0.6 is 0 Å². The van der Waals surface area contributed by atoms with Crippen LogP contribution in [0.3, 0.4) is 0 Å². The number of rotatable bonds is 5. The van der Waals surface area contributed by atoms with Gasteiger partial charge in [0.15, 0.2) is 0 Å². The Morgan fingerprint density at radius 3 is 3.13 bits per heavy atom. The molecular formula is C15H21N5O3. The van der Waals surface area contributed by atoms with E-state index >= 15 is 0 Å². The number of aromatic nitrogens is 3. The van der Waals surface area contributed by atoms with Crippen LogP contribution in [-0.4, -0.2) is 57.6 Å². The molecule has 0 aliphatic carbocycles. The molecule has 1 aliphatic heterocycles. The predicted molar refractivity (Wildman–Crippen MR) is 82.9 cm³/mol. The van der Waals surface area contributed by atoms with E-state index in [9.17, 15) is 4.79 Å². The van der Waals surface area contributed by atoms with Crippen LogP contribution in [0.25, 0.3) is 0 Å². The van der Waals surface area contributed by atoms with E-state index in [0.29, 0.717) is 25.6 Å². The monoisotopic (exact) mass is 319 g/mol. The van der Waals surface area contributed by atoms with Crippen LogP contribution in [0.15, 0.2) is 29.0 Å². The number of nitrogens with zero attached hydrogens (tertiary/aromatic N) is 4. The number of hydrogen-bond acceptors (Lipinski definition) is 6. The topological polar surface area (TPSA) is 85.4 Å². The van der Waals surface area contributed by atoms with E-state index in [1.807, 2.05) is 30.8 Å². The SMILES string of the molecule is Cc1cc(NC(=O)C(C)N2CCOC(Cn3cccn3)C2)on1. The van der Waals surface area contributed by atoms with E-state index in [1.165, 1.54) is 0 Å². The fourth-order valence-corrected chi connectivity index (χ4v) is 2.64. The van der Waals surface area contributed by atoms with Crippen LogP contribution < -0.4 is 5.32 Å². The third kappa shape index (κ3) is 3.96. The molecule has 0 aromatic carbocycles. The number of hydrogen-bond donors (Lipinski definition) is 1. The molecule has 1 N–H and O–H groups in total. The second kappa shape index (κ2) is 6.93. The molecule has 0 saturated carbocycles. The van der Waals surface area contributed by atoms with Gasteiger partial charge in [0, 0.05) is 31.5 Å². The molecular weight excluding hydrogens is 298 g/mol. The highest BCUT2D eigenvalue weighted by Crippen LogP contribution is 2.14. The summed E-state index contributed by atoms with van der Waals surface area (Å²) in [4.78, 5) is 14.5. The molecule has 2 atom stereocenters. The second-order valence-corrected chi connectivity index (χ2v) is 5.71. The molecule has 3 rings (SSSR count). The highest BCUT2D eigenvalue weighted by Gasteiger charge is 2.28. The number of amides is 1. The van der Waals surface area contributed by atoms with Gasteiger partial charge in [0.2, 0.25) is 11.8 Å². The maximum atomic E-state index is 12.3. The zero-order valence-corrected chi connectivity index (χ0v) is 13.3. The molecule has 3 heterocycles. The summed E-state index contributed by atoms with van der Waals surface area (Å²) in [6, 6.07) is 3.31. The summed E-state index contributed by atoms with van der Waals surface area (Å²) in [5, 5.41) is 10.7. The molecule has 0 bridgehead atoms. The van der Waals surface area contributed by atoms with E-state index in [-0.39, 0.29) is 18.1 Å². The van der Waals surface area contributed by atoms with E-state index in [0.717, 1.165) is 12.2 Å². The minimum Gasteiger partial charge on any atom is -0.374 e. The Bertz CT molecular complexity index is 639. The molecule has 1 saturated heterocycles. The maximum absolute atomic E-state index is 12.3. The number of ether oxygens (including phenoxy) is 1. The van der Waals surface area contributed by atoms with Gasteiger partial charge in [-0.25, -0.2) is 0 Å². The van der Waals surface area contributed by atoms with Crippen molar-refractivity contribution >= 4 is 11.8 Å². The number of aryl methyl sites for hydroxylation is 1. The molecule has 8 nitrogen and oxygen atoms in total. The molecule has 1 amide bonds. The average Bonchev–Trinajstić information content (AvgIpc) is 3.18.